The van der Waals surface area contributed by atoms with Gasteiger partial charge in [0.05, 0.1) is 7.11 Å². The summed E-state index contributed by atoms with van der Waals surface area (Å²) in [4.78, 5) is 0. The van der Waals surface area contributed by atoms with E-state index >= 15 is 0 Å². The lowest BCUT2D eigenvalue weighted by Crippen LogP contribution is -2.10. The number of alkyl halides is 1. The lowest BCUT2D eigenvalue weighted by atomic mass is 9.97. The maximum absolute atomic E-state index is 6.28. The van der Waals surface area contributed by atoms with E-state index < -0.39 is 0 Å². The molecule has 1 saturated carbocycles. The van der Waals surface area contributed by atoms with Crippen molar-refractivity contribution < 1.29 is 4.74 Å². The summed E-state index contributed by atoms with van der Waals surface area (Å²) >= 11 is 6.28. The lowest BCUT2D eigenvalue weighted by Gasteiger charge is -2.15. The van der Waals surface area contributed by atoms with E-state index in [1.807, 2.05) is 12.1 Å². The van der Waals surface area contributed by atoms with Crippen molar-refractivity contribution in [2.24, 2.45) is 5.92 Å². The van der Waals surface area contributed by atoms with Crippen LogP contribution in [-0.2, 0) is 6.42 Å². The predicted molar refractivity (Wildman–Crippen MR) is 63.7 cm³/mol. The number of rotatable bonds is 3. The molecule has 1 aromatic rings. The van der Waals surface area contributed by atoms with Crippen LogP contribution in [0.15, 0.2) is 24.3 Å². The molecule has 1 aliphatic rings. The molecule has 1 aromatic carbocycles. The predicted octanol–water partition coefficient (Wildman–Crippen LogP) is 3.65. The van der Waals surface area contributed by atoms with Crippen LogP contribution in [0.4, 0.5) is 0 Å². The summed E-state index contributed by atoms with van der Waals surface area (Å²) in [6.45, 7) is 0. The van der Waals surface area contributed by atoms with Gasteiger partial charge in [-0.1, -0.05) is 24.6 Å². The molecule has 2 atom stereocenters. The zero-order chi connectivity index (χ0) is 10.7. The molecule has 0 heterocycles. The molecule has 1 aliphatic carbocycles. The Morgan fingerprint density at radius 3 is 2.80 bits per heavy atom. The molecule has 0 N–H and O–H groups in total. The quantitative estimate of drug-likeness (QED) is 0.713. The first-order valence-corrected chi connectivity index (χ1v) is 6.01. The van der Waals surface area contributed by atoms with Crippen molar-refractivity contribution in [3.8, 4) is 5.75 Å². The van der Waals surface area contributed by atoms with Crippen molar-refractivity contribution in [3.63, 3.8) is 0 Å². The number of hydrogen-bond acceptors (Lipinski definition) is 1. The van der Waals surface area contributed by atoms with Gasteiger partial charge in [0, 0.05) is 5.38 Å². The summed E-state index contributed by atoms with van der Waals surface area (Å²) in [7, 11) is 1.73. The number of methoxy groups -OCH3 is 1. The summed E-state index contributed by atoms with van der Waals surface area (Å²) in [5.74, 6) is 1.62. The zero-order valence-electron chi connectivity index (χ0n) is 9.08. The van der Waals surface area contributed by atoms with Crippen molar-refractivity contribution in [2.45, 2.75) is 31.1 Å². The monoisotopic (exact) mass is 224 g/mol. The van der Waals surface area contributed by atoms with E-state index in [0.29, 0.717) is 11.3 Å². The van der Waals surface area contributed by atoms with Crippen LogP contribution in [0, 0.1) is 5.92 Å². The van der Waals surface area contributed by atoms with E-state index in [4.69, 9.17) is 16.3 Å². The van der Waals surface area contributed by atoms with Crippen LogP contribution in [0.2, 0.25) is 0 Å². The normalized spacial score (nSPS) is 25.5. The van der Waals surface area contributed by atoms with Gasteiger partial charge in [-0.05, 0) is 36.8 Å². The standard InChI is InChI=1S/C13H17ClO/c1-15-13-8-3-2-5-11(13)9-10-6-4-7-12(10)14/h2-3,5,8,10,12H,4,6-7,9H2,1H3. The van der Waals surface area contributed by atoms with Gasteiger partial charge < -0.3 is 4.74 Å². The highest BCUT2D eigenvalue weighted by molar-refractivity contribution is 6.20. The van der Waals surface area contributed by atoms with Crippen LogP contribution in [0.25, 0.3) is 0 Å². The fourth-order valence-corrected chi connectivity index (χ4v) is 2.74. The fraction of sp³-hybridized carbons (Fsp3) is 0.538. The Morgan fingerprint density at radius 2 is 2.13 bits per heavy atom. The maximum atomic E-state index is 6.28. The second-order valence-electron chi connectivity index (χ2n) is 4.22. The van der Waals surface area contributed by atoms with Gasteiger partial charge in [-0.3, -0.25) is 0 Å². The molecule has 0 saturated heterocycles. The van der Waals surface area contributed by atoms with Gasteiger partial charge >= 0.3 is 0 Å². The van der Waals surface area contributed by atoms with Gasteiger partial charge in [-0.25, -0.2) is 0 Å². The van der Waals surface area contributed by atoms with Crippen LogP contribution in [0.5, 0.6) is 5.75 Å². The molecular weight excluding hydrogens is 208 g/mol. The number of para-hydroxylation sites is 1. The number of benzene rings is 1. The summed E-state index contributed by atoms with van der Waals surface area (Å²) < 4.78 is 5.35. The van der Waals surface area contributed by atoms with E-state index in [1.165, 1.54) is 24.8 Å². The third-order valence-electron chi connectivity index (χ3n) is 3.24. The van der Waals surface area contributed by atoms with E-state index in [0.717, 1.165) is 12.2 Å². The Bertz CT molecular complexity index is 324. The van der Waals surface area contributed by atoms with E-state index in [2.05, 4.69) is 12.1 Å². The highest BCUT2D eigenvalue weighted by Crippen LogP contribution is 2.34. The second-order valence-corrected chi connectivity index (χ2v) is 4.78. The lowest BCUT2D eigenvalue weighted by molar-refractivity contribution is 0.404. The average molecular weight is 225 g/mol. The number of halogens is 1. The number of hydrogen-bond donors (Lipinski definition) is 0. The van der Waals surface area contributed by atoms with Crippen molar-refractivity contribution in [3.05, 3.63) is 29.8 Å². The number of ether oxygens (including phenoxy) is 1. The van der Waals surface area contributed by atoms with E-state index in [-0.39, 0.29) is 0 Å². The van der Waals surface area contributed by atoms with Gasteiger partial charge in [0.25, 0.3) is 0 Å². The molecule has 1 nitrogen and oxygen atoms in total. The molecule has 0 aromatic heterocycles. The highest BCUT2D eigenvalue weighted by Gasteiger charge is 2.25. The van der Waals surface area contributed by atoms with Gasteiger partial charge in [-0.2, -0.15) is 0 Å². The molecule has 2 unspecified atom stereocenters. The summed E-state index contributed by atoms with van der Waals surface area (Å²) in [6, 6.07) is 8.24. The van der Waals surface area contributed by atoms with Crippen LogP contribution >= 0.6 is 11.6 Å². The molecule has 2 heteroatoms. The van der Waals surface area contributed by atoms with Gasteiger partial charge in [0.15, 0.2) is 0 Å². The van der Waals surface area contributed by atoms with Crippen molar-refractivity contribution in [1.29, 1.82) is 0 Å². The Hall–Kier alpha value is -0.690. The summed E-state index contributed by atoms with van der Waals surface area (Å²) in [6.07, 6.45) is 4.75. The van der Waals surface area contributed by atoms with Crippen LogP contribution in [0.3, 0.4) is 0 Å². The molecular formula is C13H17ClO. The largest absolute Gasteiger partial charge is 0.496 e. The Morgan fingerprint density at radius 1 is 1.33 bits per heavy atom. The van der Waals surface area contributed by atoms with Crippen molar-refractivity contribution >= 4 is 11.6 Å². The molecule has 0 spiro atoms. The molecule has 0 radical (unpaired) electrons. The molecule has 1 fully saturated rings. The fourth-order valence-electron chi connectivity index (χ4n) is 2.38. The third kappa shape index (κ3) is 2.46. The second kappa shape index (κ2) is 4.89. The molecule has 15 heavy (non-hydrogen) atoms. The first-order chi connectivity index (χ1) is 7.31. The minimum absolute atomic E-state index is 0.356. The van der Waals surface area contributed by atoms with Crippen LogP contribution < -0.4 is 4.74 Å². The summed E-state index contributed by atoms with van der Waals surface area (Å²) in [5, 5.41) is 0.356. The van der Waals surface area contributed by atoms with Gasteiger partial charge in [-0.15, -0.1) is 11.6 Å². The molecule has 0 bridgehead atoms. The Kier molecular flexibility index (Phi) is 3.53. The highest BCUT2D eigenvalue weighted by atomic mass is 35.5. The first-order valence-electron chi connectivity index (χ1n) is 5.57. The van der Waals surface area contributed by atoms with Crippen molar-refractivity contribution in [2.75, 3.05) is 7.11 Å². The summed E-state index contributed by atoms with van der Waals surface area (Å²) in [5.41, 5.74) is 1.29. The maximum Gasteiger partial charge on any atom is 0.122 e. The topological polar surface area (TPSA) is 9.23 Å². The van der Waals surface area contributed by atoms with Crippen molar-refractivity contribution in [1.82, 2.24) is 0 Å². The zero-order valence-corrected chi connectivity index (χ0v) is 9.83. The first kappa shape index (κ1) is 10.8. The molecule has 0 aliphatic heterocycles. The van der Waals surface area contributed by atoms with E-state index in [1.54, 1.807) is 7.11 Å². The average Bonchev–Trinajstić information content (AvgIpc) is 2.65. The minimum atomic E-state index is 0.356. The SMILES string of the molecule is COc1ccccc1CC1CCCC1Cl. The smallest absolute Gasteiger partial charge is 0.122 e. The van der Waals surface area contributed by atoms with Gasteiger partial charge in [0.2, 0.25) is 0 Å². The molecule has 2 rings (SSSR count). The minimum Gasteiger partial charge on any atom is -0.496 e. The molecule has 82 valence electrons. The van der Waals surface area contributed by atoms with Gasteiger partial charge in [0.1, 0.15) is 5.75 Å². The molecule has 0 amide bonds. The Balaban J connectivity index is 2.09. The van der Waals surface area contributed by atoms with Crippen LogP contribution in [-0.4, -0.2) is 12.5 Å². The van der Waals surface area contributed by atoms with Crippen LogP contribution in [0.1, 0.15) is 24.8 Å². The van der Waals surface area contributed by atoms with E-state index in [9.17, 15) is 0 Å². The third-order valence-corrected chi connectivity index (χ3v) is 3.82. The Labute approximate surface area is 96.4 Å².